The Morgan fingerprint density at radius 2 is 1.32 bits per heavy atom. The number of sulfonamides is 1. The van der Waals surface area contributed by atoms with Crippen LogP contribution in [0.1, 0.15) is 25.0 Å². The molecule has 0 unspecified atom stereocenters. The van der Waals surface area contributed by atoms with Crippen LogP contribution in [0.3, 0.4) is 0 Å². The number of anilines is 1. The number of amides is 2. The van der Waals surface area contributed by atoms with Gasteiger partial charge in [-0.05, 0) is 53.4 Å². The predicted molar refractivity (Wildman–Crippen MR) is 173 cm³/mol. The summed E-state index contributed by atoms with van der Waals surface area (Å²) in [6.07, 6.45) is 0.264. The van der Waals surface area contributed by atoms with Crippen LogP contribution in [-0.4, -0.2) is 51.4 Å². The van der Waals surface area contributed by atoms with Crippen LogP contribution in [0.25, 0.3) is 0 Å². The molecule has 0 bridgehead atoms. The molecule has 0 fully saturated rings. The van der Waals surface area contributed by atoms with E-state index in [1.165, 1.54) is 24.1 Å². The van der Waals surface area contributed by atoms with Crippen molar-refractivity contribution in [1.82, 2.24) is 10.2 Å². The van der Waals surface area contributed by atoms with E-state index in [9.17, 15) is 18.0 Å². The molecule has 1 atom stereocenters. The van der Waals surface area contributed by atoms with E-state index in [-0.39, 0.29) is 29.7 Å². The van der Waals surface area contributed by atoms with E-state index in [1.807, 2.05) is 74.5 Å². The first kappa shape index (κ1) is 32.3. The average molecular weight is 614 g/mol. The molecular formula is C35H39N3O5S. The summed E-state index contributed by atoms with van der Waals surface area (Å²) in [4.78, 5) is 29.7. The maximum Gasteiger partial charge on any atom is 0.264 e. The minimum Gasteiger partial charge on any atom is -0.497 e. The Hall–Kier alpha value is -4.63. The SMILES string of the molecule is COc1ccc(S(=O)(=O)N(CC(=O)N(Cc2ccccc2)[C@@H](Cc2ccccc2)C(=O)NCC(C)C)c2ccccc2)cc1. The fraction of sp³-hybridized carbons (Fsp3) is 0.257. The van der Waals surface area contributed by atoms with Crippen molar-refractivity contribution in [3.05, 3.63) is 126 Å². The third kappa shape index (κ3) is 8.48. The number of hydrogen-bond acceptors (Lipinski definition) is 5. The van der Waals surface area contributed by atoms with Gasteiger partial charge < -0.3 is 15.0 Å². The van der Waals surface area contributed by atoms with Crippen molar-refractivity contribution in [3.8, 4) is 5.75 Å². The fourth-order valence-electron chi connectivity index (χ4n) is 4.75. The lowest BCUT2D eigenvalue weighted by Gasteiger charge is -2.34. The molecule has 44 heavy (non-hydrogen) atoms. The highest BCUT2D eigenvalue weighted by molar-refractivity contribution is 7.92. The number of carbonyl (C=O) groups excluding carboxylic acids is 2. The highest BCUT2D eigenvalue weighted by Crippen LogP contribution is 2.26. The number of rotatable bonds is 14. The molecule has 0 aromatic heterocycles. The first-order valence-electron chi connectivity index (χ1n) is 14.6. The molecule has 4 rings (SSSR count). The quantitative estimate of drug-likeness (QED) is 0.208. The molecule has 0 radical (unpaired) electrons. The molecule has 2 amide bonds. The Morgan fingerprint density at radius 1 is 0.773 bits per heavy atom. The number of benzene rings is 4. The summed E-state index contributed by atoms with van der Waals surface area (Å²) >= 11 is 0. The number of ether oxygens (including phenoxy) is 1. The Labute approximate surface area is 260 Å². The van der Waals surface area contributed by atoms with Gasteiger partial charge >= 0.3 is 0 Å². The van der Waals surface area contributed by atoms with Crippen molar-refractivity contribution < 1.29 is 22.7 Å². The lowest BCUT2D eigenvalue weighted by molar-refractivity contribution is -0.140. The third-order valence-electron chi connectivity index (χ3n) is 7.12. The second-order valence-electron chi connectivity index (χ2n) is 10.9. The van der Waals surface area contributed by atoms with Crippen molar-refractivity contribution in [2.24, 2.45) is 5.92 Å². The maximum atomic E-state index is 14.4. The molecule has 0 aliphatic heterocycles. The standard InChI is InChI=1S/C35H39N3O5S/c1-27(2)24-36-35(40)33(23-28-13-7-4-8-14-28)37(25-29-15-9-5-10-16-29)34(39)26-38(30-17-11-6-12-18-30)44(41,42)32-21-19-31(43-3)20-22-32/h4-22,27,33H,23-26H2,1-3H3,(H,36,40)/t33-/m0/s1. The van der Waals surface area contributed by atoms with Gasteiger partial charge in [-0.1, -0.05) is 92.7 Å². The van der Waals surface area contributed by atoms with Crippen LogP contribution in [-0.2, 0) is 32.6 Å². The van der Waals surface area contributed by atoms with Gasteiger partial charge in [0.15, 0.2) is 0 Å². The zero-order chi connectivity index (χ0) is 31.5. The Bertz CT molecular complexity index is 1600. The van der Waals surface area contributed by atoms with Crippen molar-refractivity contribution in [2.45, 2.75) is 37.8 Å². The number of nitrogens with zero attached hydrogens (tertiary/aromatic N) is 2. The minimum absolute atomic E-state index is 0.0140. The predicted octanol–water partition coefficient (Wildman–Crippen LogP) is 5.30. The fourth-order valence-corrected chi connectivity index (χ4v) is 6.17. The van der Waals surface area contributed by atoms with Gasteiger partial charge in [0, 0.05) is 19.5 Å². The van der Waals surface area contributed by atoms with E-state index in [0.717, 1.165) is 15.4 Å². The van der Waals surface area contributed by atoms with Crippen molar-refractivity contribution >= 4 is 27.5 Å². The summed E-state index contributed by atoms with van der Waals surface area (Å²) in [7, 11) is -2.67. The molecular weight excluding hydrogens is 574 g/mol. The normalized spacial score (nSPS) is 11.9. The summed E-state index contributed by atoms with van der Waals surface area (Å²) in [6, 6.07) is 32.5. The van der Waals surface area contributed by atoms with Crippen LogP contribution in [0.15, 0.2) is 120 Å². The van der Waals surface area contributed by atoms with Crippen molar-refractivity contribution in [1.29, 1.82) is 0 Å². The molecule has 9 heteroatoms. The van der Waals surface area contributed by atoms with Crippen molar-refractivity contribution in [2.75, 3.05) is 24.5 Å². The van der Waals surface area contributed by atoms with Gasteiger partial charge in [-0.15, -0.1) is 0 Å². The average Bonchev–Trinajstić information content (AvgIpc) is 3.05. The second kappa shape index (κ2) is 15.2. The van der Waals surface area contributed by atoms with Crippen LogP contribution in [0.5, 0.6) is 5.75 Å². The second-order valence-corrected chi connectivity index (χ2v) is 12.7. The molecule has 0 aliphatic carbocycles. The molecule has 8 nitrogen and oxygen atoms in total. The lowest BCUT2D eigenvalue weighted by Crippen LogP contribution is -2.53. The van der Waals surface area contributed by atoms with Gasteiger partial charge in [0.1, 0.15) is 18.3 Å². The first-order valence-corrected chi connectivity index (χ1v) is 16.0. The molecule has 1 N–H and O–H groups in total. The van der Waals surface area contributed by atoms with Gasteiger partial charge in [-0.25, -0.2) is 8.42 Å². The van der Waals surface area contributed by atoms with E-state index in [1.54, 1.807) is 42.5 Å². The van der Waals surface area contributed by atoms with E-state index in [4.69, 9.17) is 4.74 Å². The maximum absolute atomic E-state index is 14.4. The molecule has 0 spiro atoms. The van der Waals surface area contributed by atoms with Crippen LogP contribution in [0, 0.1) is 5.92 Å². The number of carbonyl (C=O) groups is 2. The summed E-state index contributed by atoms with van der Waals surface area (Å²) in [5.74, 6) is -0.0826. The molecule has 0 saturated carbocycles. The molecule has 230 valence electrons. The summed E-state index contributed by atoms with van der Waals surface area (Å²) in [5.41, 5.74) is 2.04. The Kier molecular flexibility index (Phi) is 11.2. The molecule has 0 aliphatic rings. The van der Waals surface area contributed by atoms with Crippen LogP contribution >= 0.6 is 0 Å². The largest absolute Gasteiger partial charge is 0.497 e. The zero-order valence-corrected chi connectivity index (χ0v) is 26.1. The van der Waals surface area contributed by atoms with Gasteiger partial charge in [-0.3, -0.25) is 13.9 Å². The Balaban J connectivity index is 1.76. The van der Waals surface area contributed by atoms with Gasteiger partial charge in [0.2, 0.25) is 11.8 Å². The monoisotopic (exact) mass is 613 g/mol. The number of methoxy groups -OCH3 is 1. The van der Waals surface area contributed by atoms with Crippen LogP contribution < -0.4 is 14.4 Å². The number of nitrogens with one attached hydrogen (secondary N) is 1. The topological polar surface area (TPSA) is 96.0 Å². The number of hydrogen-bond donors (Lipinski definition) is 1. The van der Waals surface area contributed by atoms with E-state index >= 15 is 0 Å². The van der Waals surface area contributed by atoms with Gasteiger partial charge in [0.25, 0.3) is 10.0 Å². The smallest absolute Gasteiger partial charge is 0.264 e. The van der Waals surface area contributed by atoms with Crippen LogP contribution in [0.2, 0.25) is 0 Å². The van der Waals surface area contributed by atoms with Gasteiger partial charge in [-0.2, -0.15) is 0 Å². The van der Waals surface area contributed by atoms with E-state index < -0.39 is 28.5 Å². The summed E-state index contributed by atoms with van der Waals surface area (Å²) in [5, 5.41) is 3.00. The minimum atomic E-state index is -4.18. The Morgan fingerprint density at radius 3 is 1.86 bits per heavy atom. The van der Waals surface area contributed by atoms with Crippen LogP contribution in [0.4, 0.5) is 5.69 Å². The molecule has 0 heterocycles. The van der Waals surface area contributed by atoms with E-state index in [2.05, 4.69) is 5.32 Å². The van der Waals surface area contributed by atoms with Crippen molar-refractivity contribution in [3.63, 3.8) is 0 Å². The molecule has 4 aromatic carbocycles. The highest BCUT2D eigenvalue weighted by Gasteiger charge is 2.34. The first-order chi connectivity index (χ1) is 21.2. The highest BCUT2D eigenvalue weighted by atomic mass is 32.2. The lowest BCUT2D eigenvalue weighted by atomic mass is 10.0. The number of para-hydroxylation sites is 1. The summed E-state index contributed by atoms with van der Waals surface area (Å²) in [6.45, 7) is 4.06. The third-order valence-corrected chi connectivity index (χ3v) is 8.91. The van der Waals surface area contributed by atoms with Gasteiger partial charge in [0.05, 0.1) is 17.7 Å². The molecule has 4 aromatic rings. The molecule has 0 saturated heterocycles. The summed E-state index contributed by atoms with van der Waals surface area (Å²) < 4.78 is 34.4. The zero-order valence-electron chi connectivity index (χ0n) is 25.3. The van der Waals surface area contributed by atoms with E-state index in [0.29, 0.717) is 18.0 Å².